The number of thioether (sulfide) groups is 1. The van der Waals surface area contributed by atoms with Gasteiger partial charge in [0.05, 0.1) is 15.9 Å². The van der Waals surface area contributed by atoms with Crippen LogP contribution in [0.4, 0.5) is 17.1 Å². The Bertz CT molecular complexity index is 567. The van der Waals surface area contributed by atoms with Crippen LogP contribution in [0.5, 0.6) is 0 Å². The Morgan fingerprint density at radius 2 is 2.05 bits per heavy atom. The molecule has 7 nitrogen and oxygen atoms in total. The second-order valence-electron chi connectivity index (χ2n) is 5.21. The second-order valence-corrected chi connectivity index (χ2v) is 6.78. The molecule has 0 N–H and O–H groups in total. The van der Waals surface area contributed by atoms with Crippen LogP contribution in [0.15, 0.2) is 18.2 Å². The highest BCUT2D eigenvalue weighted by Gasteiger charge is 2.26. The third kappa shape index (κ3) is 3.88. The lowest BCUT2D eigenvalue weighted by molar-refractivity contribution is -0.393. The molecule has 0 saturated carbocycles. The van der Waals surface area contributed by atoms with Crippen LogP contribution in [-0.4, -0.2) is 33.9 Å². The van der Waals surface area contributed by atoms with Crippen molar-refractivity contribution in [2.75, 3.05) is 23.7 Å². The van der Waals surface area contributed by atoms with Crippen molar-refractivity contribution in [2.24, 2.45) is 0 Å². The summed E-state index contributed by atoms with van der Waals surface area (Å²) >= 11 is 1.87. The number of nitro groups is 2. The minimum absolute atomic E-state index is 0.184. The fraction of sp³-hybridized carbons (Fsp3) is 0.571. The molecule has 22 heavy (non-hydrogen) atoms. The number of rotatable bonds is 5. The van der Waals surface area contributed by atoms with E-state index in [2.05, 4.69) is 6.92 Å². The van der Waals surface area contributed by atoms with E-state index in [1.807, 2.05) is 16.7 Å². The Morgan fingerprint density at radius 3 is 2.68 bits per heavy atom. The van der Waals surface area contributed by atoms with Crippen LogP contribution in [0.3, 0.4) is 0 Å². The van der Waals surface area contributed by atoms with Crippen molar-refractivity contribution in [3.8, 4) is 0 Å². The van der Waals surface area contributed by atoms with Crippen molar-refractivity contribution in [1.82, 2.24) is 0 Å². The molecule has 2 rings (SSSR count). The molecule has 8 heteroatoms. The number of non-ortho nitro benzene ring substituents is 1. The standard InChI is InChI=1S/C14H19N3O4S/c1-2-22-12-5-3-4-8-15(10-12)13-7-6-11(16(18)19)9-14(13)17(20)21/h6-7,9,12H,2-5,8,10H2,1H3. The molecule has 0 bridgehead atoms. The Balaban J connectivity index is 2.33. The summed E-state index contributed by atoms with van der Waals surface area (Å²) < 4.78 is 0. The lowest BCUT2D eigenvalue weighted by Gasteiger charge is -2.25. The van der Waals surface area contributed by atoms with E-state index in [4.69, 9.17) is 0 Å². The zero-order valence-corrected chi connectivity index (χ0v) is 13.3. The summed E-state index contributed by atoms with van der Waals surface area (Å²) in [5.74, 6) is 1.01. The molecular formula is C14H19N3O4S. The van der Waals surface area contributed by atoms with E-state index < -0.39 is 9.85 Å². The average molecular weight is 325 g/mol. The Morgan fingerprint density at radius 1 is 1.27 bits per heavy atom. The van der Waals surface area contributed by atoms with Crippen LogP contribution in [0.2, 0.25) is 0 Å². The van der Waals surface area contributed by atoms with Gasteiger partial charge < -0.3 is 4.90 Å². The van der Waals surface area contributed by atoms with E-state index in [0.29, 0.717) is 10.9 Å². The SMILES string of the molecule is CCSC1CCCCN(c2ccc([N+](=O)[O-])cc2[N+](=O)[O-])C1. The molecule has 0 spiro atoms. The summed E-state index contributed by atoms with van der Waals surface area (Å²) in [7, 11) is 0. The first-order valence-corrected chi connectivity index (χ1v) is 8.37. The predicted octanol–water partition coefficient (Wildman–Crippen LogP) is 3.62. The van der Waals surface area contributed by atoms with Crippen molar-refractivity contribution in [3.05, 3.63) is 38.4 Å². The van der Waals surface area contributed by atoms with Crippen LogP contribution in [-0.2, 0) is 0 Å². The minimum atomic E-state index is -0.602. The van der Waals surface area contributed by atoms with Gasteiger partial charge in [0.1, 0.15) is 5.69 Å². The van der Waals surface area contributed by atoms with Crippen molar-refractivity contribution < 1.29 is 9.85 Å². The van der Waals surface area contributed by atoms with E-state index in [1.165, 1.54) is 12.1 Å². The van der Waals surface area contributed by atoms with Gasteiger partial charge in [-0.15, -0.1) is 0 Å². The molecule has 0 aliphatic carbocycles. The van der Waals surface area contributed by atoms with Gasteiger partial charge in [-0.3, -0.25) is 20.2 Å². The third-order valence-electron chi connectivity index (χ3n) is 3.74. The highest BCUT2D eigenvalue weighted by Crippen LogP contribution is 2.34. The van der Waals surface area contributed by atoms with Gasteiger partial charge in [0.15, 0.2) is 0 Å². The highest BCUT2D eigenvalue weighted by molar-refractivity contribution is 7.99. The van der Waals surface area contributed by atoms with Crippen molar-refractivity contribution in [3.63, 3.8) is 0 Å². The molecule has 1 fully saturated rings. The predicted molar refractivity (Wildman–Crippen MR) is 87.7 cm³/mol. The van der Waals surface area contributed by atoms with E-state index in [0.717, 1.165) is 44.2 Å². The number of hydrogen-bond acceptors (Lipinski definition) is 6. The number of hydrogen-bond donors (Lipinski definition) is 0. The number of anilines is 1. The van der Waals surface area contributed by atoms with Gasteiger partial charge in [-0.1, -0.05) is 13.3 Å². The molecule has 0 aromatic heterocycles. The Hall–Kier alpha value is -1.83. The van der Waals surface area contributed by atoms with Crippen LogP contribution >= 0.6 is 11.8 Å². The fourth-order valence-corrected chi connectivity index (χ4v) is 3.82. The molecule has 1 atom stereocenters. The van der Waals surface area contributed by atoms with Gasteiger partial charge >= 0.3 is 0 Å². The molecule has 0 amide bonds. The fourth-order valence-electron chi connectivity index (χ4n) is 2.73. The summed E-state index contributed by atoms with van der Waals surface area (Å²) in [6.07, 6.45) is 3.19. The van der Waals surface area contributed by atoms with Gasteiger partial charge in [-0.05, 0) is 24.7 Å². The summed E-state index contributed by atoms with van der Waals surface area (Å²) in [5, 5.41) is 22.6. The van der Waals surface area contributed by atoms with Gasteiger partial charge in [0.2, 0.25) is 0 Å². The molecule has 1 saturated heterocycles. The highest BCUT2D eigenvalue weighted by atomic mass is 32.2. The molecule has 120 valence electrons. The maximum atomic E-state index is 11.3. The summed E-state index contributed by atoms with van der Waals surface area (Å²) in [6.45, 7) is 3.60. The third-order valence-corrected chi connectivity index (χ3v) is 4.93. The van der Waals surface area contributed by atoms with Crippen molar-refractivity contribution in [1.29, 1.82) is 0 Å². The molecule has 1 aliphatic rings. The Kier molecular flexibility index (Phi) is 5.59. The van der Waals surface area contributed by atoms with E-state index in [9.17, 15) is 20.2 Å². The van der Waals surface area contributed by atoms with Crippen molar-refractivity contribution in [2.45, 2.75) is 31.4 Å². The quantitative estimate of drug-likeness (QED) is 0.607. The first-order valence-electron chi connectivity index (χ1n) is 7.32. The summed E-state index contributed by atoms with van der Waals surface area (Å²) in [4.78, 5) is 23.0. The zero-order chi connectivity index (χ0) is 16.1. The normalized spacial score (nSPS) is 18.8. The number of benzene rings is 1. The number of nitrogens with zero attached hydrogens (tertiary/aromatic N) is 3. The molecule has 1 aromatic rings. The van der Waals surface area contributed by atoms with Gasteiger partial charge in [0, 0.05) is 24.4 Å². The average Bonchev–Trinajstić information content (AvgIpc) is 2.72. The van der Waals surface area contributed by atoms with Crippen LogP contribution in [0.1, 0.15) is 26.2 Å². The van der Waals surface area contributed by atoms with Gasteiger partial charge in [0.25, 0.3) is 11.4 Å². The first kappa shape index (κ1) is 16.5. The van der Waals surface area contributed by atoms with Crippen molar-refractivity contribution >= 4 is 28.8 Å². The molecule has 1 unspecified atom stereocenters. The van der Waals surface area contributed by atoms with E-state index in [-0.39, 0.29) is 11.4 Å². The van der Waals surface area contributed by atoms with Crippen LogP contribution in [0.25, 0.3) is 0 Å². The molecule has 0 radical (unpaired) electrons. The maximum Gasteiger partial charge on any atom is 0.299 e. The molecular weight excluding hydrogens is 306 g/mol. The first-order chi connectivity index (χ1) is 10.5. The summed E-state index contributed by atoms with van der Waals surface area (Å²) in [6, 6.07) is 3.91. The van der Waals surface area contributed by atoms with Gasteiger partial charge in [-0.25, -0.2) is 0 Å². The van der Waals surface area contributed by atoms with E-state index in [1.54, 1.807) is 0 Å². The topological polar surface area (TPSA) is 89.5 Å². The lowest BCUT2D eigenvalue weighted by Crippen LogP contribution is -2.30. The largest absolute Gasteiger partial charge is 0.365 e. The van der Waals surface area contributed by atoms with E-state index >= 15 is 0 Å². The zero-order valence-electron chi connectivity index (χ0n) is 12.4. The van der Waals surface area contributed by atoms with Crippen LogP contribution < -0.4 is 4.90 Å². The maximum absolute atomic E-state index is 11.3. The second kappa shape index (κ2) is 7.44. The molecule has 1 aliphatic heterocycles. The molecule has 1 aromatic carbocycles. The number of nitro benzene ring substituents is 2. The summed E-state index contributed by atoms with van der Waals surface area (Å²) in [5.41, 5.74) is 0.0558. The minimum Gasteiger partial charge on any atom is -0.365 e. The monoisotopic (exact) mass is 325 g/mol. The smallest absolute Gasteiger partial charge is 0.299 e. The van der Waals surface area contributed by atoms with Gasteiger partial charge in [-0.2, -0.15) is 11.8 Å². The lowest BCUT2D eigenvalue weighted by atomic mass is 10.2. The molecule has 1 heterocycles. The van der Waals surface area contributed by atoms with Crippen LogP contribution in [0, 0.1) is 20.2 Å². The Labute approximate surface area is 133 Å².